The van der Waals surface area contributed by atoms with E-state index in [0.29, 0.717) is 0 Å². The Morgan fingerprint density at radius 3 is 2.64 bits per heavy atom. The summed E-state index contributed by atoms with van der Waals surface area (Å²) in [7, 11) is 0. The van der Waals surface area contributed by atoms with Gasteiger partial charge >= 0.3 is 0 Å². The van der Waals surface area contributed by atoms with Crippen molar-refractivity contribution in [3.8, 4) is 0 Å². The van der Waals surface area contributed by atoms with Crippen LogP contribution in [0.5, 0.6) is 0 Å². The smallest absolute Gasteiger partial charge is 0.281 e. The fourth-order valence-corrected chi connectivity index (χ4v) is 1.71. The van der Waals surface area contributed by atoms with Crippen molar-refractivity contribution in [1.82, 2.24) is 4.98 Å². The summed E-state index contributed by atoms with van der Waals surface area (Å²) in [6, 6.07) is 0. The molecule has 0 aliphatic carbocycles. The summed E-state index contributed by atoms with van der Waals surface area (Å²) in [5.41, 5.74) is 4.46. The number of nitrogens with two attached hydrogens (primary N) is 1. The van der Waals surface area contributed by atoms with Crippen LogP contribution < -0.4 is 5.73 Å². The highest BCUT2D eigenvalue weighted by Gasteiger charge is 2.19. The van der Waals surface area contributed by atoms with Gasteiger partial charge in [0.15, 0.2) is 0 Å². The number of hydrogen-bond acceptors (Lipinski definition) is 2. The Labute approximate surface area is 96.8 Å². The average Bonchev–Trinajstić information content (AvgIpc) is 2.08. The monoisotopic (exact) mass is 332 g/mol. The van der Waals surface area contributed by atoms with Crippen LogP contribution in [0, 0.1) is 3.57 Å². The molecule has 0 saturated heterocycles. The minimum absolute atomic E-state index is 0.0515. The van der Waals surface area contributed by atoms with Gasteiger partial charge in [0, 0.05) is 6.20 Å². The molecular formula is C7H4ClF2IN2O. The van der Waals surface area contributed by atoms with E-state index in [9.17, 15) is 13.6 Å². The van der Waals surface area contributed by atoms with Gasteiger partial charge in [-0.25, -0.2) is 8.78 Å². The number of carbonyl (C=O) groups excluding carboxylic acids is 1. The third kappa shape index (κ3) is 2.11. The maximum absolute atomic E-state index is 12.3. The van der Waals surface area contributed by atoms with Gasteiger partial charge in [-0.05, 0) is 22.6 Å². The Balaban J connectivity index is 3.33. The van der Waals surface area contributed by atoms with Crippen LogP contribution in [0.3, 0.4) is 0 Å². The first kappa shape index (κ1) is 11.6. The number of hydrogen-bond donors (Lipinski definition) is 1. The molecule has 1 amide bonds. The fraction of sp³-hybridized carbons (Fsp3) is 0.143. The number of pyridine rings is 1. The third-order valence-corrected chi connectivity index (χ3v) is 3.26. The highest BCUT2D eigenvalue weighted by molar-refractivity contribution is 14.1. The van der Waals surface area contributed by atoms with E-state index in [0.717, 1.165) is 6.20 Å². The fourth-order valence-electron chi connectivity index (χ4n) is 0.802. The zero-order chi connectivity index (χ0) is 10.9. The van der Waals surface area contributed by atoms with Gasteiger partial charge < -0.3 is 5.73 Å². The zero-order valence-electron chi connectivity index (χ0n) is 6.60. The molecule has 0 atom stereocenters. The van der Waals surface area contributed by atoms with Crippen LogP contribution in [0.1, 0.15) is 22.5 Å². The molecule has 0 saturated carbocycles. The summed E-state index contributed by atoms with van der Waals surface area (Å²) in [5, 5.41) is -0.0802. The SMILES string of the molecule is NC(=O)c1cnc(C(F)F)c(I)c1Cl. The quantitative estimate of drug-likeness (QED) is 0.846. The number of primary amides is 1. The summed E-state index contributed by atoms with van der Waals surface area (Å²) in [6.45, 7) is 0. The van der Waals surface area contributed by atoms with Crippen molar-refractivity contribution < 1.29 is 13.6 Å². The number of halogens is 4. The molecule has 2 N–H and O–H groups in total. The van der Waals surface area contributed by atoms with Crippen LogP contribution in [0.15, 0.2) is 6.20 Å². The molecule has 0 radical (unpaired) electrons. The van der Waals surface area contributed by atoms with Gasteiger partial charge in [-0.15, -0.1) is 0 Å². The van der Waals surface area contributed by atoms with Crippen LogP contribution in [0.2, 0.25) is 5.02 Å². The molecule has 0 unspecified atom stereocenters. The van der Waals surface area contributed by atoms with Crippen molar-refractivity contribution in [2.24, 2.45) is 5.73 Å². The zero-order valence-corrected chi connectivity index (χ0v) is 9.51. The second kappa shape index (κ2) is 4.35. The highest BCUT2D eigenvalue weighted by atomic mass is 127. The van der Waals surface area contributed by atoms with Crippen molar-refractivity contribution in [2.75, 3.05) is 0 Å². The molecule has 1 heterocycles. The van der Waals surface area contributed by atoms with Crippen molar-refractivity contribution in [1.29, 1.82) is 0 Å². The molecule has 0 aromatic carbocycles. The Kier molecular flexibility index (Phi) is 3.59. The van der Waals surface area contributed by atoms with Crippen LogP contribution >= 0.6 is 34.2 Å². The molecule has 0 fully saturated rings. The van der Waals surface area contributed by atoms with Gasteiger partial charge in [-0.1, -0.05) is 11.6 Å². The summed E-state index contributed by atoms with van der Waals surface area (Å²) in [6.07, 6.45) is -1.77. The van der Waals surface area contributed by atoms with Gasteiger partial charge in [0.2, 0.25) is 0 Å². The molecule has 0 aliphatic rings. The topological polar surface area (TPSA) is 56.0 Å². The van der Waals surface area contributed by atoms with Gasteiger partial charge in [0.25, 0.3) is 12.3 Å². The van der Waals surface area contributed by atoms with E-state index in [1.165, 1.54) is 0 Å². The summed E-state index contributed by atoms with van der Waals surface area (Å²) in [5.74, 6) is -0.791. The lowest BCUT2D eigenvalue weighted by Gasteiger charge is -2.06. The first-order chi connectivity index (χ1) is 6.45. The molecule has 3 nitrogen and oxygen atoms in total. The number of nitrogens with zero attached hydrogens (tertiary/aromatic N) is 1. The van der Waals surface area contributed by atoms with Crippen LogP contribution in [0.4, 0.5) is 8.78 Å². The number of rotatable bonds is 2. The van der Waals surface area contributed by atoms with E-state index in [1.807, 2.05) is 0 Å². The van der Waals surface area contributed by atoms with Crippen LogP contribution in [-0.2, 0) is 0 Å². The first-order valence-corrected chi connectivity index (χ1v) is 4.82. The normalized spacial score (nSPS) is 10.6. The molecule has 14 heavy (non-hydrogen) atoms. The molecule has 1 aromatic rings. The van der Waals surface area contributed by atoms with Crippen molar-refractivity contribution >= 4 is 40.1 Å². The van der Waals surface area contributed by atoms with E-state index in [-0.39, 0.29) is 14.2 Å². The Morgan fingerprint density at radius 2 is 2.21 bits per heavy atom. The average molecular weight is 332 g/mol. The van der Waals surface area contributed by atoms with E-state index in [2.05, 4.69) is 4.98 Å². The maximum Gasteiger partial charge on any atom is 0.281 e. The van der Waals surface area contributed by atoms with Crippen molar-refractivity contribution in [3.63, 3.8) is 0 Å². The number of aromatic nitrogens is 1. The van der Waals surface area contributed by atoms with Crippen LogP contribution in [-0.4, -0.2) is 10.9 Å². The second-order valence-corrected chi connectivity index (χ2v) is 3.81. The maximum atomic E-state index is 12.3. The molecule has 1 rings (SSSR count). The molecule has 7 heteroatoms. The number of amides is 1. The molecule has 0 spiro atoms. The lowest BCUT2D eigenvalue weighted by atomic mass is 10.2. The van der Waals surface area contributed by atoms with Gasteiger partial charge in [-0.2, -0.15) is 0 Å². The van der Waals surface area contributed by atoms with Gasteiger partial charge in [0.05, 0.1) is 14.2 Å². The lowest BCUT2D eigenvalue weighted by Crippen LogP contribution is -2.13. The summed E-state index contributed by atoms with van der Waals surface area (Å²) >= 11 is 7.25. The predicted octanol–water partition coefficient (Wildman–Crippen LogP) is 2.38. The Hall–Kier alpha value is -0.500. The highest BCUT2D eigenvalue weighted by Crippen LogP contribution is 2.29. The first-order valence-electron chi connectivity index (χ1n) is 3.37. The standard InChI is InChI=1S/C7H4ClF2IN2O/c8-3-2(7(12)14)1-13-5(4(3)11)6(9)10/h1,6H,(H2,12,14). The minimum atomic E-state index is -2.72. The van der Waals surface area contributed by atoms with E-state index < -0.39 is 18.0 Å². The molecule has 0 bridgehead atoms. The van der Waals surface area contributed by atoms with Gasteiger partial charge in [0.1, 0.15) is 5.69 Å². The molecule has 1 aromatic heterocycles. The minimum Gasteiger partial charge on any atom is -0.366 e. The number of carbonyl (C=O) groups is 1. The van der Waals surface area contributed by atoms with E-state index in [1.54, 1.807) is 22.6 Å². The molecular weight excluding hydrogens is 328 g/mol. The Bertz CT molecular complexity index is 386. The summed E-state index contributed by atoms with van der Waals surface area (Å²) in [4.78, 5) is 14.2. The Morgan fingerprint density at radius 1 is 1.64 bits per heavy atom. The van der Waals surface area contributed by atoms with E-state index >= 15 is 0 Å². The third-order valence-electron chi connectivity index (χ3n) is 1.46. The van der Waals surface area contributed by atoms with Gasteiger partial charge in [-0.3, -0.25) is 9.78 Å². The van der Waals surface area contributed by atoms with Crippen molar-refractivity contribution in [3.05, 3.63) is 26.0 Å². The predicted molar refractivity (Wildman–Crippen MR) is 55.4 cm³/mol. The molecule has 76 valence electrons. The van der Waals surface area contributed by atoms with Crippen LogP contribution in [0.25, 0.3) is 0 Å². The van der Waals surface area contributed by atoms with E-state index in [4.69, 9.17) is 17.3 Å². The summed E-state index contributed by atoms with van der Waals surface area (Å²) < 4.78 is 24.6. The second-order valence-electron chi connectivity index (χ2n) is 2.35. The largest absolute Gasteiger partial charge is 0.366 e. The number of alkyl halides is 2. The van der Waals surface area contributed by atoms with Crippen molar-refractivity contribution in [2.45, 2.75) is 6.43 Å². The lowest BCUT2D eigenvalue weighted by molar-refractivity contribution is 0.0999. The molecule has 0 aliphatic heterocycles.